The van der Waals surface area contributed by atoms with Crippen LogP contribution in [0.4, 0.5) is 0 Å². The fourth-order valence-electron chi connectivity index (χ4n) is 3.99. The lowest BCUT2D eigenvalue weighted by atomic mass is 9.74. The van der Waals surface area contributed by atoms with Gasteiger partial charge in [-0.2, -0.15) is 0 Å². The van der Waals surface area contributed by atoms with Gasteiger partial charge in [0, 0.05) is 31.5 Å². The monoisotopic (exact) mass is 348 g/mol. The molecule has 8 heteroatoms. The molecule has 0 spiro atoms. The van der Waals surface area contributed by atoms with Crippen molar-refractivity contribution in [2.75, 3.05) is 6.54 Å². The Morgan fingerprint density at radius 1 is 1.04 bits per heavy atom. The summed E-state index contributed by atoms with van der Waals surface area (Å²) in [5.74, 6) is -2.46. The number of hydrogen-bond acceptors (Lipinski definition) is 5. The smallest absolute Gasteiger partial charge is 0.330 e. The van der Waals surface area contributed by atoms with Gasteiger partial charge in [0.25, 0.3) is 11.8 Å². The summed E-state index contributed by atoms with van der Waals surface area (Å²) in [4.78, 5) is 61.1. The van der Waals surface area contributed by atoms with Gasteiger partial charge in [-0.15, -0.1) is 0 Å². The van der Waals surface area contributed by atoms with Crippen LogP contribution in [-0.4, -0.2) is 56.6 Å². The Morgan fingerprint density at radius 3 is 2.04 bits per heavy atom. The lowest BCUT2D eigenvalue weighted by Crippen LogP contribution is -2.58. The highest BCUT2D eigenvalue weighted by atomic mass is 16.4. The van der Waals surface area contributed by atoms with Crippen LogP contribution in [0, 0.1) is 5.92 Å². The van der Waals surface area contributed by atoms with Crippen molar-refractivity contribution in [3.63, 3.8) is 0 Å². The van der Waals surface area contributed by atoms with Gasteiger partial charge >= 0.3 is 5.97 Å². The number of carboxylic acid groups (broad SMARTS) is 1. The molecular weight excluding hydrogens is 328 g/mol. The minimum atomic E-state index is -1.44. The minimum Gasteiger partial charge on any atom is -0.479 e. The number of hydrogen-bond donors (Lipinski definition) is 1. The normalized spacial score (nSPS) is 29.8. The predicted molar refractivity (Wildman–Crippen MR) is 83.9 cm³/mol. The molecule has 0 unspecified atom stereocenters. The van der Waals surface area contributed by atoms with Crippen molar-refractivity contribution in [1.29, 1.82) is 0 Å². The molecule has 0 aromatic heterocycles. The summed E-state index contributed by atoms with van der Waals surface area (Å²) in [6.07, 6.45) is 4.71. The highest BCUT2D eigenvalue weighted by molar-refractivity contribution is 6.12. The van der Waals surface area contributed by atoms with E-state index >= 15 is 0 Å². The molecule has 4 amide bonds. The lowest BCUT2D eigenvalue weighted by molar-refractivity contribution is -0.166. The van der Waals surface area contributed by atoms with E-state index in [-0.39, 0.29) is 43.4 Å². The van der Waals surface area contributed by atoms with Crippen LogP contribution in [0.25, 0.3) is 0 Å². The molecule has 0 aromatic carbocycles. The van der Waals surface area contributed by atoms with Gasteiger partial charge in [0.1, 0.15) is 5.54 Å². The maximum Gasteiger partial charge on any atom is 0.330 e. The second kappa shape index (κ2) is 6.42. The van der Waals surface area contributed by atoms with Crippen molar-refractivity contribution < 1.29 is 29.1 Å². The molecule has 25 heavy (non-hydrogen) atoms. The molecular formula is C17H20N2O6. The molecule has 134 valence electrons. The van der Waals surface area contributed by atoms with Gasteiger partial charge in [0.2, 0.25) is 11.8 Å². The Bertz CT molecular complexity index is 641. The van der Waals surface area contributed by atoms with Crippen molar-refractivity contribution >= 4 is 29.6 Å². The zero-order valence-electron chi connectivity index (χ0n) is 13.8. The summed E-state index contributed by atoms with van der Waals surface area (Å²) in [7, 11) is 0. The first kappa shape index (κ1) is 17.3. The Labute approximate surface area is 144 Å². The fourth-order valence-corrected chi connectivity index (χ4v) is 3.99. The number of carboxylic acids is 1. The van der Waals surface area contributed by atoms with E-state index in [1.165, 1.54) is 17.1 Å². The molecule has 1 saturated heterocycles. The summed E-state index contributed by atoms with van der Waals surface area (Å²) in [5.41, 5.74) is -1.44. The van der Waals surface area contributed by atoms with Gasteiger partial charge in [0.05, 0.1) is 0 Å². The van der Waals surface area contributed by atoms with Crippen molar-refractivity contribution in [1.82, 2.24) is 9.80 Å². The molecule has 2 aliphatic heterocycles. The third-order valence-corrected chi connectivity index (χ3v) is 5.47. The molecule has 2 fully saturated rings. The number of carbonyl (C=O) groups is 5. The summed E-state index contributed by atoms with van der Waals surface area (Å²) in [6.45, 7) is 0.303. The average molecular weight is 348 g/mol. The number of likely N-dealkylation sites (tertiary alicyclic amines) is 1. The fraction of sp³-hybridized carbons (Fsp3) is 0.588. The Balaban J connectivity index is 1.62. The topological polar surface area (TPSA) is 112 Å². The van der Waals surface area contributed by atoms with Crippen molar-refractivity contribution in [2.45, 2.75) is 50.5 Å². The first-order chi connectivity index (χ1) is 11.8. The number of rotatable bonds is 5. The van der Waals surface area contributed by atoms with Crippen molar-refractivity contribution in [3.05, 3.63) is 12.2 Å². The van der Waals surface area contributed by atoms with Gasteiger partial charge < -0.3 is 5.11 Å². The first-order valence-electron chi connectivity index (χ1n) is 8.48. The molecule has 3 rings (SSSR count). The number of amides is 4. The SMILES string of the molecule is O=C1C=CC(=O)N1CCC1CCC(C(=O)O)(N2C(=O)CCC2=O)CC1. The molecule has 0 atom stereocenters. The van der Waals surface area contributed by atoms with E-state index < -0.39 is 23.3 Å². The van der Waals surface area contributed by atoms with E-state index in [9.17, 15) is 29.1 Å². The molecule has 1 N–H and O–H groups in total. The summed E-state index contributed by atoms with van der Waals surface area (Å²) < 4.78 is 0. The van der Waals surface area contributed by atoms with E-state index in [0.29, 0.717) is 25.8 Å². The van der Waals surface area contributed by atoms with Gasteiger partial charge in [-0.3, -0.25) is 29.0 Å². The Hall–Kier alpha value is -2.51. The second-order valence-corrected chi connectivity index (χ2v) is 6.85. The van der Waals surface area contributed by atoms with E-state index in [0.717, 1.165) is 4.90 Å². The lowest BCUT2D eigenvalue weighted by Gasteiger charge is -2.42. The zero-order chi connectivity index (χ0) is 18.2. The van der Waals surface area contributed by atoms with Crippen LogP contribution < -0.4 is 0 Å². The average Bonchev–Trinajstić information content (AvgIpc) is 3.08. The maximum atomic E-state index is 12.0. The third kappa shape index (κ3) is 2.96. The van der Waals surface area contributed by atoms with Crippen LogP contribution in [0.2, 0.25) is 0 Å². The van der Waals surface area contributed by atoms with Crippen molar-refractivity contribution in [3.8, 4) is 0 Å². The molecule has 0 radical (unpaired) electrons. The van der Waals surface area contributed by atoms with Gasteiger partial charge in [-0.1, -0.05) is 0 Å². The summed E-state index contributed by atoms with van der Waals surface area (Å²) in [6, 6.07) is 0. The number of carbonyl (C=O) groups excluding carboxylic acids is 4. The second-order valence-electron chi connectivity index (χ2n) is 6.85. The van der Waals surface area contributed by atoms with E-state index in [1.54, 1.807) is 0 Å². The maximum absolute atomic E-state index is 12.0. The Morgan fingerprint density at radius 2 is 1.56 bits per heavy atom. The van der Waals surface area contributed by atoms with Crippen LogP contribution in [0.1, 0.15) is 44.9 Å². The van der Waals surface area contributed by atoms with E-state index in [4.69, 9.17) is 0 Å². The van der Waals surface area contributed by atoms with Gasteiger partial charge in [-0.05, 0) is 38.0 Å². The molecule has 8 nitrogen and oxygen atoms in total. The van der Waals surface area contributed by atoms with Gasteiger partial charge in [-0.25, -0.2) is 4.79 Å². The standard InChI is InChI=1S/C17H20N2O6/c20-12-1-2-13(21)18(12)10-7-11-5-8-17(9-6-11,16(24)25)19-14(22)3-4-15(19)23/h1-2,11H,3-10H2,(H,24,25). The molecule has 0 bridgehead atoms. The highest BCUT2D eigenvalue weighted by Gasteiger charge is 2.53. The molecule has 3 aliphatic rings. The molecule has 1 saturated carbocycles. The van der Waals surface area contributed by atoms with Gasteiger partial charge in [0.15, 0.2) is 0 Å². The molecule has 2 heterocycles. The Kier molecular flexibility index (Phi) is 4.45. The third-order valence-electron chi connectivity index (χ3n) is 5.47. The number of imide groups is 2. The van der Waals surface area contributed by atoms with Crippen LogP contribution in [-0.2, 0) is 24.0 Å². The van der Waals surface area contributed by atoms with Crippen LogP contribution >= 0.6 is 0 Å². The largest absolute Gasteiger partial charge is 0.479 e. The highest BCUT2D eigenvalue weighted by Crippen LogP contribution is 2.40. The van der Waals surface area contributed by atoms with Crippen LogP contribution in [0.15, 0.2) is 12.2 Å². The first-order valence-corrected chi connectivity index (χ1v) is 8.48. The predicted octanol–water partition coefficient (Wildman–Crippen LogP) is 0.464. The van der Waals surface area contributed by atoms with Crippen LogP contribution in [0.3, 0.4) is 0 Å². The number of aliphatic carboxylic acids is 1. The van der Waals surface area contributed by atoms with E-state index in [2.05, 4.69) is 0 Å². The summed E-state index contributed by atoms with van der Waals surface area (Å²) in [5, 5.41) is 9.69. The van der Waals surface area contributed by atoms with Crippen LogP contribution in [0.5, 0.6) is 0 Å². The minimum absolute atomic E-state index is 0.0729. The molecule has 1 aliphatic carbocycles. The quantitative estimate of drug-likeness (QED) is 0.723. The number of nitrogens with zero attached hydrogens (tertiary/aromatic N) is 2. The summed E-state index contributed by atoms with van der Waals surface area (Å²) >= 11 is 0. The van der Waals surface area contributed by atoms with Crippen molar-refractivity contribution in [2.24, 2.45) is 5.92 Å². The van der Waals surface area contributed by atoms with E-state index in [1.807, 2.05) is 0 Å². The zero-order valence-corrected chi connectivity index (χ0v) is 13.8. The molecule has 0 aromatic rings.